The molecular weight excluding hydrogens is 132 g/mol. The molecule has 0 N–H and O–H groups in total. The SMILES string of the molecule is CCC.CO[SiH](C)OC. The molecule has 0 saturated heterocycles. The molecular formula is C6H18O2Si. The van der Waals surface area contributed by atoms with E-state index in [2.05, 4.69) is 13.8 Å². The quantitative estimate of drug-likeness (QED) is 0.556. The lowest BCUT2D eigenvalue weighted by molar-refractivity contribution is 0.285. The van der Waals surface area contributed by atoms with Crippen molar-refractivity contribution in [2.24, 2.45) is 0 Å². The van der Waals surface area contributed by atoms with Gasteiger partial charge in [0.15, 0.2) is 0 Å². The fourth-order valence-electron chi connectivity index (χ4n) is 0.0962. The van der Waals surface area contributed by atoms with Crippen molar-refractivity contribution in [3.63, 3.8) is 0 Å². The van der Waals surface area contributed by atoms with Crippen LogP contribution < -0.4 is 0 Å². The van der Waals surface area contributed by atoms with Gasteiger partial charge in [-0.3, -0.25) is 0 Å². The lowest BCUT2D eigenvalue weighted by Crippen LogP contribution is -2.12. The molecule has 2 nitrogen and oxygen atoms in total. The summed E-state index contributed by atoms with van der Waals surface area (Å²) in [5.74, 6) is 0. The number of rotatable bonds is 2. The average molecular weight is 150 g/mol. The van der Waals surface area contributed by atoms with Crippen LogP contribution in [0.25, 0.3) is 0 Å². The Labute approximate surface area is 60.0 Å². The molecule has 0 unspecified atom stereocenters. The van der Waals surface area contributed by atoms with Crippen LogP contribution in [0.1, 0.15) is 20.3 Å². The van der Waals surface area contributed by atoms with Crippen molar-refractivity contribution >= 4 is 9.28 Å². The molecule has 0 spiro atoms. The second-order valence-corrected chi connectivity index (χ2v) is 3.82. The largest absolute Gasteiger partial charge is 0.400 e. The molecule has 0 aliphatic carbocycles. The van der Waals surface area contributed by atoms with Gasteiger partial charge in [0.05, 0.1) is 0 Å². The minimum atomic E-state index is -1.16. The zero-order chi connectivity index (χ0) is 7.70. The zero-order valence-corrected chi connectivity index (χ0v) is 8.26. The van der Waals surface area contributed by atoms with Gasteiger partial charge in [-0.2, -0.15) is 0 Å². The van der Waals surface area contributed by atoms with E-state index >= 15 is 0 Å². The van der Waals surface area contributed by atoms with Crippen LogP contribution in [0.2, 0.25) is 6.55 Å². The van der Waals surface area contributed by atoms with E-state index in [0.29, 0.717) is 0 Å². The van der Waals surface area contributed by atoms with E-state index in [4.69, 9.17) is 8.85 Å². The van der Waals surface area contributed by atoms with Crippen molar-refractivity contribution in [1.82, 2.24) is 0 Å². The summed E-state index contributed by atoms with van der Waals surface area (Å²) in [6, 6.07) is 0. The fourth-order valence-corrected chi connectivity index (χ4v) is 0.289. The van der Waals surface area contributed by atoms with Crippen LogP contribution in [0.3, 0.4) is 0 Å². The van der Waals surface area contributed by atoms with Crippen molar-refractivity contribution in [2.45, 2.75) is 26.8 Å². The third kappa shape index (κ3) is 17.9. The summed E-state index contributed by atoms with van der Waals surface area (Å²) in [5, 5.41) is 0. The molecule has 58 valence electrons. The topological polar surface area (TPSA) is 18.5 Å². The molecule has 0 aromatic rings. The smallest absolute Gasteiger partial charge is 0.317 e. The van der Waals surface area contributed by atoms with Crippen molar-refractivity contribution < 1.29 is 8.85 Å². The third-order valence-corrected chi connectivity index (χ3v) is 1.99. The van der Waals surface area contributed by atoms with Gasteiger partial charge in [0, 0.05) is 14.2 Å². The van der Waals surface area contributed by atoms with Gasteiger partial charge in [0.2, 0.25) is 0 Å². The first-order valence-corrected chi connectivity index (χ1v) is 5.38. The molecule has 0 amide bonds. The molecule has 0 bridgehead atoms. The Morgan fingerprint density at radius 1 is 1.11 bits per heavy atom. The Bertz CT molecular complexity index is 38.0. The van der Waals surface area contributed by atoms with Crippen LogP contribution in [0.15, 0.2) is 0 Å². The Balaban J connectivity index is 0. The molecule has 0 aromatic heterocycles. The van der Waals surface area contributed by atoms with E-state index in [-0.39, 0.29) is 0 Å². The van der Waals surface area contributed by atoms with Crippen LogP contribution in [0, 0.1) is 0 Å². The highest BCUT2D eigenvalue weighted by Crippen LogP contribution is 1.77. The summed E-state index contributed by atoms with van der Waals surface area (Å²) in [5.41, 5.74) is 0. The monoisotopic (exact) mass is 150 g/mol. The van der Waals surface area contributed by atoms with Gasteiger partial charge < -0.3 is 8.85 Å². The maximum absolute atomic E-state index is 4.82. The average Bonchev–Trinajstić information content (AvgIpc) is 1.88. The predicted molar refractivity (Wildman–Crippen MR) is 43.0 cm³/mol. The molecule has 0 aliphatic rings. The molecule has 0 fully saturated rings. The highest BCUT2D eigenvalue weighted by Gasteiger charge is 1.94. The van der Waals surface area contributed by atoms with Crippen LogP contribution in [-0.2, 0) is 8.85 Å². The summed E-state index contributed by atoms with van der Waals surface area (Å²) in [4.78, 5) is 0. The highest BCUT2D eigenvalue weighted by atomic mass is 28.3. The highest BCUT2D eigenvalue weighted by molar-refractivity contribution is 6.42. The van der Waals surface area contributed by atoms with Gasteiger partial charge >= 0.3 is 9.28 Å². The van der Waals surface area contributed by atoms with Crippen LogP contribution in [0.4, 0.5) is 0 Å². The van der Waals surface area contributed by atoms with Gasteiger partial charge in [-0.1, -0.05) is 20.3 Å². The predicted octanol–water partition coefficient (Wildman–Crippen LogP) is 1.55. The zero-order valence-electron chi connectivity index (χ0n) is 7.10. The fraction of sp³-hybridized carbons (Fsp3) is 1.00. The molecule has 9 heavy (non-hydrogen) atoms. The Hall–Kier alpha value is 0.137. The van der Waals surface area contributed by atoms with Crippen molar-refractivity contribution in [3.8, 4) is 0 Å². The van der Waals surface area contributed by atoms with Gasteiger partial charge in [0.25, 0.3) is 0 Å². The lowest BCUT2D eigenvalue weighted by atomic mass is 10.6. The Morgan fingerprint density at radius 2 is 1.33 bits per heavy atom. The van der Waals surface area contributed by atoms with Crippen molar-refractivity contribution in [1.29, 1.82) is 0 Å². The molecule has 3 heteroatoms. The summed E-state index contributed by atoms with van der Waals surface area (Å²) in [7, 11) is 2.17. The summed E-state index contributed by atoms with van der Waals surface area (Å²) >= 11 is 0. The minimum Gasteiger partial charge on any atom is -0.400 e. The van der Waals surface area contributed by atoms with E-state index < -0.39 is 9.28 Å². The first-order valence-electron chi connectivity index (χ1n) is 3.28. The summed E-state index contributed by atoms with van der Waals surface area (Å²) in [6.07, 6.45) is 1.25. The Morgan fingerprint density at radius 3 is 1.33 bits per heavy atom. The summed E-state index contributed by atoms with van der Waals surface area (Å²) < 4.78 is 9.63. The first-order chi connectivity index (χ1) is 4.22. The third-order valence-electron chi connectivity index (χ3n) is 0.664. The Kier molecular flexibility index (Phi) is 14.5. The van der Waals surface area contributed by atoms with Gasteiger partial charge in [0.1, 0.15) is 0 Å². The standard InChI is InChI=1S/C3H10O2Si.C3H8/c1-4-6(3)5-2;1-3-2/h6H,1-3H3;3H2,1-2H3. The van der Waals surface area contributed by atoms with E-state index in [0.717, 1.165) is 0 Å². The molecule has 0 saturated carbocycles. The van der Waals surface area contributed by atoms with Crippen LogP contribution in [-0.4, -0.2) is 23.5 Å². The molecule has 0 rings (SSSR count). The van der Waals surface area contributed by atoms with E-state index in [9.17, 15) is 0 Å². The lowest BCUT2D eigenvalue weighted by Gasteiger charge is -2.00. The van der Waals surface area contributed by atoms with Gasteiger partial charge in [-0.05, 0) is 6.55 Å². The van der Waals surface area contributed by atoms with E-state index in [1.165, 1.54) is 6.42 Å². The second kappa shape index (κ2) is 11.0. The first kappa shape index (κ1) is 11.9. The maximum Gasteiger partial charge on any atom is 0.317 e. The number of hydrogen-bond acceptors (Lipinski definition) is 2. The second-order valence-electron chi connectivity index (χ2n) is 1.75. The van der Waals surface area contributed by atoms with Gasteiger partial charge in [-0.15, -0.1) is 0 Å². The van der Waals surface area contributed by atoms with Gasteiger partial charge in [-0.25, -0.2) is 0 Å². The molecule has 0 heterocycles. The van der Waals surface area contributed by atoms with Crippen LogP contribution >= 0.6 is 0 Å². The summed E-state index contributed by atoms with van der Waals surface area (Å²) in [6.45, 7) is 6.22. The van der Waals surface area contributed by atoms with Crippen LogP contribution in [0.5, 0.6) is 0 Å². The van der Waals surface area contributed by atoms with Crippen molar-refractivity contribution in [2.75, 3.05) is 14.2 Å². The number of hydrogen-bond donors (Lipinski definition) is 0. The van der Waals surface area contributed by atoms with E-state index in [1.807, 2.05) is 6.55 Å². The normalized spacial score (nSPS) is 8.67. The molecule has 0 radical (unpaired) electrons. The minimum absolute atomic E-state index is 1.16. The molecule has 0 aromatic carbocycles. The molecule has 0 aliphatic heterocycles. The van der Waals surface area contributed by atoms with E-state index in [1.54, 1.807) is 14.2 Å². The molecule has 0 atom stereocenters. The van der Waals surface area contributed by atoms with Crippen molar-refractivity contribution in [3.05, 3.63) is 0 Å². The maximum atomic E-state index is 4.82.